The van der Waals surface area contributed by atoms with E-state index in [9.17, 15) is 10.2 Å². The van der Waals surface area contributed by atoms with Crippen molar-refractivity contribution >= 4 is 0 Å². The molecule has 0 saturated heterocycles. The second-order valence-corrected chi connectivity index (χ2v) is 6.20. The van der Waals surface area contributed by atoms with Crippen molar-refractivity contribution < 1.29 is 10.2 Å². The van der Waals surface area contributed by atoms with E-state index in [0.29, 0.717) is 0 Å². The summed E-state index contributed by atoms with van der Waals surface area (Å²) in [6.45, 7) is 0. The molecule has 0 saturated carbocycles. The van der Waals surface area contributed by atoms with Gasteiger partial charge in [0.25, 0.3) is 0 Å². The van der Waals surface area contributed by atoms with Gasteiger partial charge >= 0.3 is 0 Å². The smallest absolute Gasteiger partial charge is 0.124 e. The maximum Gasteiger partial charge on any atom is 0.124 e. The Hall–Kier alpha value is -3.52. The van der Waals surface area contributed by atoms with Crippen LogP contribution in [0.5, 0.6) is 11.5 Å². The van der Waals surface area contributed by atoms with Crippen LogP contribution in [0, 0.1) is 0 Å². The molecule has 0 unspecified atom stereocenters. The Morgan fingerprint density at radius 3 is 1.54 bits per heavy atom. The molecule has 2 heteroatoms. The molecule has 0 aliphatic rings. The van der Waals surface area contributed by atoms with Crippen LogP contribution in [0.3, 0.4) is 0 Å². The van der Waals surface area contributed by atoms with Crippen LogP contribution in [0.25, 0.3) is 33.4 Å². The molecule has 0 aliphatic carbocycles. The Bertz CT molecular complexity index is 1040. The topological polar surface area (TPSA) is 40.5 Å². The highest BCUT2D eigenvalue weighted by Crippen LogP contribution is 2.37. The quantitative estimate of drug-likeness (QED) is 0.474. The summed E-state index contributed by atoms with van der Waals surface area (Å²) >= 11 is 0. The Kier molecular flexibility index (Phi) is 4.16. The first kappa shape index (κ1) is 16.0. The number of phenols is 2. The van der Waals surface area contributed by atoms with Crippen molar-refractivity contribution in [1.82, 2.24) is 0 Å². The van der Waals surface area contributed by atoms with Gasteiger partial charge in [-0.25, -0.2) is 0 Å². The van der Waals surface area contributed by atoms with Crippen molar-refractivity contribution in [3.8, 4) is 44.9 Å². The fourth-order valence-corrected chi connectivity index (χ4v) is 3.14. The van der Waals surface area contributed by atoms with Crippen LogP contribution in [-0.2, 0) is 0 Å². The van der Waals surface area contributed by atoms with Gasteiger partial charge in [-0.3, -0.25) is 0 Å². The van der Waals surface area contributed by atoms with E-state index < -0.39 is 0 Å². The zero-order valence-corrected chi connectivity index (χ0v) is 14.1. The van der Waals surface area contributed by atoms with Gasteiger partial charge < -0.3 is 10.2 Å². The van der Waals surface area contributed by atoms with Gasteiger partial charge in [-0.2, -0.15) is 0 Å². The van der Waals surface area contributed by atoms with E-state index in [2.05, 4.69) is 0 Å². The Balaban J connectivity index is 1.76. The molecule has 4 rings (SSSR count). The van der Waals surface area contributed by atoms with Gasteiger partial charge in [-0.15, -0.1) is 0 Å². The van der Waals surface area contributed by atoms with Crippen molar-refractivity contribution in [1.29, 1.82) is 0 Å². The molecular formula is C24H18O2. The largest absolute Gasteiger partial charge is 0.507 e. The molecule has 126 valence electrons. The Labute approximate surface area is 152 Å². The molecule has 2 nitrogen and oxygen atoms in total. The van der Waals surface area contributed by atoms with E-state index in [-0.39, 0.29) is 11.5 Å². The molecule has 0 spiro atoms. The summed E-state index contributed by atoms with van der Waals surface area (Å²) in [7, 11) is 0. The molecule has 4 aromatic rings. The SMILES string of the molecule is Oc1cc(-c2ccc(O)c(-c3ccccc3)c2)ccc1-c1ccccc1. The molecule has 4 aromatic carbocycles. The summed E-state index contributed by atoms with van der Waals surface area (Å²) in [6.07, 6.45) is 0. The summed E-state index contributed by atoms with van der Waals surface area (Å²) < 4.78 is 0. The minimum atomic E-state index is 0.239. The lowest BCUT2D eigenvalue weighted by Crippen LogP contribution is -1.84. The van der Waals surface area contributed by atoms with E-state index >= 15 is 0 Å². The van der Waals surface area contributed by atoms with E-state index in [1.165, 1.54) is 0 Å². The summed E-state index contributed by atoms with van der Waals surface area (Å²) in [6, 6.07) is 30.8. The number of rotatable bonds is 3. The maximum atomic E-state index is 10.5. The van der Waals surface area contributed by atoms with Gasteiger partial charge in [0.2, 0.25) is 0 Å². The van der Waals surface area contributed by atoms with Gasteiger partial charge in [0.1, 0.15) is 11.5 Å². The molecule has 2 N–H and O–H groups in total. The Morgan fingerprint density at radius 2 is 0.923 bits per heavy atom. The van der Waals surface area contributed by atoms with Gasteiger partial charge in [0.15, 0.2) is 0 Å². The van der Waals surface area contributed by atoms with Crippen molar-refractivity contribution in [2.24, 2.45) is 0 Å². The van der Waals surface area contributed by atoms with Crippen molar-refractivity contribution in [3.05, 3.63) is 97.1 Å². The van der Waals surface area contributed by atoms with Gasteiger partial charge in [0, 0.05) is 11.1 Å². The highest BCUT2D eigenvalue weighted by Gasteiger charge is 2.10. The molecule has 0 aromatic heterocycles. The maximum absolute atomic E-state index is 10.5. The number of aromatic hydroxyl groups is 2. The average Bonchev–Trinajstić information content (AvgIpc) is 2.69. The Morgan fingerprint density at radius 1 is 0.385 bits per heavy atom. The standard InChI is InChI=1S/C24H18O2/c25-23-14-12-19(15-22(23)18-9-5-2-6-10-18)20-11-13-21(24(26)16-20)17-7-3-1-4-8-17/h1-16,25-26H. The molecular weight excluding hydrogens is 320 g/mol. The van der Waals surface area contributed by atoms with Gasteiger partial charge in [-0.05, 0) is 40.5 Å². The third-order valence-corrected chi connectivity index (χ3v) is 4.50. The van der Waals surface area contributed by atoms with Crippen LogP contribution in [0.4, 0.5) is 0 Å². The fourth-order valence-electron chi connectivity index (χ4n) is 3.14. The first-order chi connectivity index (χ1) is 12.7. The highest BCUT2D eigenvalue weighted by atomic mass is 16.3. The number of hydrogen-bond donors (Lipinski definition) is 2. The van der Waals surface area contributed by atoms with E-state index in [1.807, 2.05) is 84.9 Å². The summed E-state index contributed by atoms with van der Waals surface area (Å²) in [4.78, 5) is 0. The highest BCUT2D eigenvalue weighted by molar-refractivity contribution is 5.80. The van der Waals surface area contributed by atoms with E-state index in [4.69, 9.17) is 0 Å². The number of benzene rings is 4. The monoisotopic (exact) mass is 338 g/mol. The lowest BCUT2D eigenvalue weighted by atomic mass is 9.96. The minimum Gasteiger partial charge on any atom is -0.507 e. The van der Waals surface area contributed by atoms with Crippen LogP contribution in [0.1, 0.15) is 0 Å². The van der Waals surface area contributed by atoms with Crippen LogP contribution < -0.4 is 0 Å². The van der Waals surface area contributed by atoms with Crippen molar-refractivity contribution in [2.45, 2.75) is 0 Å². The number of phenolic OH excluding ortho intramolecular Hbond substituents is 2. The fraction of sp³-hybridized carbons (Fsp3) is 0. The molecule has 0 atom stereocenters. The molecule has 0 bridgehead atoms. The molecule has 0 aliphatic heterocycles. The van der Waals surface area contributed by atoms with Crippen LogP contribution in [0.2, 0.25) is 0 Å². The van der Waals surface area contributed by atoms with Crippen LogP contribution in [0.15, 0.2) is 97.1 Å². The zero-order chi connectivity index (χ0) is 17.9. The first-order valence-electron chi connectivity index (χ1n) is 8.49. The predicted octanol–water partition coefficient (Wildman–Crippen LogP) is 6.10. The molecule has 0 heterocycles. The second kappa shape index (κ2) is 6.77. The first-order valence-corrected chi connectivity index (χ1v) is 8.49. The average molecular weight is 338 g/mol. The van der Waals surface area contributed by atoms with Gasteiger partial charge in [-0.1, -0.05) is 78.9 Å². The van der Waals surface area contributed by atoms with Crippen molar-refractivity contribution in [3.63, 3.8) is 0 Å². The lowest BCUT2D eigenvalue weighted by molar-refractivity contribution is 0.477. The summed E-state index contributed by atoms with van der Waals surface area (Å²) in [5.41, 5.74) is 5.35. The zero-order valence-electron chi connectivity index (χ0n) is 14.1. The normalized spacial score (nSPS) is 10.6. The molecule has 0 amide bonds. The lowest BCUT2D eigenvalue weighted by Gasteiger charge is -2.11. The van der Waals surface area contributed by atoms with Crippen molar-refractivity contribution in [2.75, 3.05) is 0 Å². The molecule has 0 radical (unpaired) electrons. The predicted molar refractivity (Wildman–Crippen MR) is 106 cm³/mol. The summed E-state index contributed by atoms with van der Waals surface area (Å²) in [5, 5.41) is 20.7. The van der Waals surface area contributed by atoms with Crippen LogP contribution in [-0.4, -0.2) is 10.2 Å². The molecule has 0 fully saturated rings. The van der Waals surface area contributed by atoms with E-state index in [1.54, 1.807) is 12.1 Å². The van der Waals surface area contributed by atoms with Gasteiger partial charge in [0.05, 0.1) is 0 Å². The number of hydrogen-bond acceptors (Lipinski definition) is 2. The third kappa shape index (κ3) is 3.05. The van der Waals surface area contributed by atoms with Crippen LogP contribution >= 0.6 is 0 Å². The second-order valence-electron chi connectivity index (χ2n) is 6.20. The third-order valence-electron chi connectivity index (χ3n) is 4.50. The minimum absolute atomic E-state index is 0.239. The summed E-state index contributed by atoms with van der Waals surface area (Å²) in [5.74, 6) is 0.480. The van der Waals surface area contributed by atoms with E-state index in [0.717, 1.165) is 33.4 Å². The molecule has 26 heavy (non-hydrogen) atoms.